The molecule has 4 nitrogen and oxygen atoms in total. The topological polar surface area (TPSA) is 28.5 Å². The second-order valence-corrected chi connectivity index (χ2v) is 8.44. The van der Waals surface area contributed by atoms with Gasteiger partial charge in [0.15, 0.2) is 0 Å². The molecule has 1 amide bonds. The lowest BCUT2D eigenvalue weighted by molar-refractivity contribution is 0.0155. The number of nitrogens with zero attached hydrogens (tertiary/aromatic N) is 3. The van der Waals surface area contributed by atoms with Crippen LogP contribution in [0.15, 0.2) is 48.7 Å². The Morgan fingerprint density at radius 1 is 1.11 bits per heavy atom. The molecular formula is C23H31N3O. The summed E-state index contributed by atoms with van der Waals surface area (Å²) >= 11 is 0. The molecular weight excluding hydrogens is 334 g/mol. The molecule has 1 aromatic carbocycles. The molecule has 0 bridgehead atoms. The average Bonchev–Trinajstić information content (AvgIpc) is 3.14. The number of piperidine rings is 2. The Morgan fingerprint density at radius 3 is 2.48 bits per heavy atom. The molecule has 2 saturated heterocycles. The lowest BCUT2D eigenvalue weighted by Crippen LogP contribution is -2.52. The summed E-state index contributed by atoms with van der Waals surface area (Å²) in [6.07, 6.45) is 5.43. The number of carbonyl (C=O) groups is 1. The van der Waals surface area contributed by atoms with Gasteiger partial charge in [0, 0.05) is 39.4 Å². The minimum absolute atomic E-state index is 0.181. The highest BCUT2D eigenvalue weighted by Crippen LogP contribution is 2.45. The number of amides is 1. The van der Waals surface area contributed by atoms with Gasteiger partial charge >= 0.3 is 0 Å². The fourth-order valence-electron chi connectivity index (χ4n) is 5.08. The van der Waals surface area contributed by atoms with Crippen molar-refractivity contribution in [1.29, 1.82) is 0 Å². The van der Waals surface area contributed by atoms with E-state index in [1.807, 2.05) is 29.9 Å². The predicted molar refractivity (Wildman–Crippen MR) is 109 cm³/mol. The first-order valence-corrected chi connectivity index (χ1v) is 10.3. The summed E-state index contributed by atoms with van der Waals surface area (Å²) < 4.78 is 1.93. The molecule has 4 heteroatoms. The van der Waals surface area contributed by atoms with Gasteiger partial charge in [-0.2, -0.15) is 0 Å². The number of hydrogen-bond donors (Lipinski definition) is 0. The largest absolute Gasteiger partial charge is 0.347 e. The number of carbonyl (C=O) groups excluding carboxylic acids is 1. The van der Waals surface area contributed by atoms with Crippen LogP contribution in [0.1, 0.15) is 48.2 Å². The zero-order valence-electron chi connectivity index (χ0n) is 16.6. The molecule has 0 N–H and O–H groups in total. The van der Waals surface area contributed by atoms with Crippen molar-refractivity contribution in [2.75, 3.05) is 32.7 Å². The molecule has 1 atom stereocenters. The van der Waals surface area contributed by atoms with E-state index in [4.69, 9.17) is 0 Å². The van der Waals surface area contributed by atoms with Gasteiger partial charge in [0.05, 0.1) is 0 Å². The van der Waals surface area contributed by atoms with Crippen molar-refractivity contribution < 1.29 is 4.79 Å². The van der Waals surface area contributed by atoms with Crippen LogP contribution in [0.4, 0.5) is 0 Å². The van der Waals surface area contributed by atoms with Crippen LogP contribution in [0.2, 0.25) is 0 Å². The van der Waals surface area contributed by atoms with E-state index in [1.165, 1.54) is 18.5 Å². The Morgan fingerprint density at radius 2 is 1.85 bits per heavy atom. The summed E-state index contributed by atoms with van der Waals surface area (Å²) in [7, 11) is 1.95. The van der Waals surface area contributed by atoms with Crippen molar-refractivity contribution in [3.05, 3.63) is 59.9 Å². The van der Waals surface area contributed by atoms with Gasteiger partial charge in [-0.15, -0.1) is 0 Å². The summed E-state index contributed by atoms with van der Waals surface area (Å²) in [5, 5.41) is 0. The van der Waals surface area contributed by atoms with Gasteiger partial charge in [0.1, 0.15) is 5.69 Å². The zero-order valence-corrected chi connectivity index (χ0v) is 16.6. The highest BCUT2D eigenvalue weighted by molar-refractivity contribution is 5.92. The van der Waals surface area contributed by atoms with Crippen molar-refractivity contribution in [2.45, 2.75) is 32.1 Å². The lowest BCUT2D eigenvalue weighted by Gasteiger charge is -2.50. The highest BCUT2D eigenvalue weighted by atomic mass is 16.2. The van der Waals surface area contributed by atoms with Crippen LogP contribution in [0, 0.1) is 5.41 Å². The van der Waals surface area contributed by atoms with Crippen LogP contribution in [0.3, 0.4) is 0 Å². The Labute approximate surface area is 162 Å². The van der Waals surface area contributed by atoms with E-state index in [1.54, 1.807) is 0 Å². The number of benzene rings is 1. The number of likely N-dealkylation sites (tertiary alicyclic amines) is 2. The number of rotatable bonds is 3. The van der Waals surface area contributed by atoms with E-state index in [-0.39, 0.29) is 5.91 Å². The first kappa shape index (κ1) is 18.3. The lowest BCUT2D eigenvalue weighted by atomic mass is 9.68. The minimum Gasteiger partial charge on any atom is -0.347 e. The van der Waals surface area contributed by atoms with E-state index in [9.17, 15) is 4.79 Å². The maximum atomic E-state index is 12.9. The van der Waals surface area contributed by atoms with E-state index >= 15 is 0 Å². The van der Waals surface area contributed by atoms with Crippen LogP contribution in [-0.4, -0.2) is 53.0 Å². The number of aromatic nitrogens is 1. The smallest absolute Gasteiger partial charge is 0.270 e. The molecule has 144 valence electrons. The third kappa shape index (κ3) is 3.68. The van der Waals surface area contributed by atoms with Gasteiger partial charge in [-0.05, 0) is 54.8 Å². The third-order valence-corrected chi connectivity index (χ3v) is 6.71. The maximum absolute atomic E-state index is 12.9. The van der Waals surface area contributed by atoms with Crippen molar-refractivity contribution in [3.8, 4) is 0 Å². The molecule has 1 spiro atoms. The van der Waals surface area contributed by atoms with Crippen molar-refractivity contribution in [1.82, 2.24) is 14.4 Å². The predicted octanol–water partition coefficient (Wildman–Crippen LogP) is 3.76. The number of aryl methyl sites for hydroxylation is 1. The highest BCUT2D eigenvalue weighted by Gasteiger charge is 2.42. The molecule has 2 aromatic rings. The van der Waals surface area contributed by atoms with Gasteiger partial charge < -0.3 is 14.4 Å². The first-order chi connectivity index (χ1) is 13.1. The molecule has 3 heterocycles. The van der Waals surface area contributed by atoms with Crippen LogP contribution >= 0.6 is 0 Å². The molecule has 1 aromatic heterocycles. The Kier molecular flexibility index (Phi) is 5.09. The molecule has 0 radical (unpaired) electrons. The number of likely N-dealkylation sites (N-methyl/N-ethyl adjacent to an activating group) is 1. The van der Waals surface area contributed by atoms with E-state index < -0.39 is 0 Å². The molecule has 0 saturated carbocycles. The van der Waals surface area contributed by atoms with Gasteiger partial charge in [-0.3, -0.25) is 4.79 Å². The Bertz CT molecular complexity index is 774. The van der Waals surface area contributed by atoms with Crippen LogP contribution in [-0.2, 0) is 7.05 Å². The molecule has 0 aliphatic carbocycles. The summed E-state index contributed by atoms with van der Waals surface area (Å²) in [6, 6.07) is 14.9. The molecule has 2 aliphatic heterocycles. The average molecular weight is 366 g/mol. The van der Waals surface area contributed by atoms with Crippen molar-refractivity contribution in [2.24, 2.45) is 12.5 Å². The normalized spacial score (nSPS) is 22.9. The maximum Gasteiger partial charge on any atom is 0.270 e. The van der Waals surface area contributed by atoms with Crippen molar-refractivity contribution in [3.63, 3.8) is 0 Å². The molecule has 2 aliphatic rings. The van der Waals surface area contributed by atoms with E-state index in [0.29, 0.717) is 11.3 Å². The van der Waals surface area contributed by atoms with E-state index in [2.05, 4.69) is 47.1 Å². The Balaban J connectivity index is 1.47. The quantitative estimate of drug-likeness (QED) is 0.829. The van der Waals surface area contributed by atoms with Crippen LogP contribution in [0.25, 0.3) is 0 Å². The number of hydrogen-bond acceptors (Lipinski definition) is 2. The molecule has 1 unspecified atom stereocenters. The second kappa shape index (κ2) is 7.51. The summed E-state index contributed by atoms with van der Waals surface area (Å²) in [4.78, 5) is 17.5. The zero-order chi connectivity index (χ0) is 18.9. The molecule has 27 heavy (non-hydrogen) atoms. The monoisotopic (exact) mass is 365 g/mol. The first-order valence-electron chi connectivity index (χ1n) is 10.3. The van der Waals surface area contributed by atoms with Gasteiger partial charge in [0.2, 0.25) is 0 Å². The van der Waals surface area contributed by atoms with Gasteiger partial charge in [0.25, 0.3) is 5.91 Å². The van der Waals surface area contributed by atoms with Crippen molar-refractivity contribution >= 4 is 5.91 Å². The third-order valence-electron chi connectivity index (χ3n) is 6.71. The van der Waals surface area contributed by atoms with Crippen LogP contribution < -0.4 is 0 Å². The summed E-state index contributed by atoms with van der Waals surface area (Å²) in [5.74, 6) is 0.787. The fourth-order valence-corrected chi connectivity index (χ4v) is 5.08. The fraction of sp³-hybridized carbons (Fsp3) is 0.522. The summed E-state index contributed by atoms with van der Waals surface area (Å²) in [6.45, 7) is 7.48. The summed E-state index contributed by atoms with van der Waals surface area (Å²) in [5.41, 5.74) is 2.61. The molecule has 2 fully saturated rings. The minimum atomic E-state index is 0.181. The second-order valence-electron chi connectivity index (χ2n) is 8.44. The standard InChI is InChI=1S/C23H31N3O/c1-3-25-17-20(19-8-5-4-6-9-19)16-23(18-25)11-14-26(15-12-23)22(27)21-10-7-13-24(21)2/h4-10,13,20H,3,11-12,14-18H2,1-2H3. The van der Waals surface area contributed by atoms with E-state index in [0.717, 1.165) is 44.7 Å². The molecule has 4 rings (SSSR count). The van der Waals surface area contributed by atoms with Gasteiger partial charge in [-0.1, -0.05) is 37.3 Å². The van der Waals surface area contributed by atoms with Crippen LogP contribution in [0.5, 0.6) is 0 Å². The SMILES string of the molecule is CCN1CC(c2ccccc2)CC2(CCN(C(=O)c3cccn3C)CC2)C1. The van der Waals surface area contributed by atoms with Gasteiger partial charge in [-0.25, -0.2) is 0 Å². The Hall–Kier alpha value is -2.07.